The van der Waals surface area contributed by atoms with E-state index in [2.05, 4.69) is 58.9 Å². The first-order valence-corrected chi connectivity index (χ1v) is 7.39. The summed E-state index contributed by atoms with van der Waals surface area (Å²) in [6.45, 7) is 12.6. The molecule has 1 saturated heterocycles. The third-order valence-electron chi connectivity index (χ3n) is 3.99. The minimum Gasteiger partial charge on any atom is -0.325 e. The van der Waals surface area contributed by atoms with Gasteiger partial charge in [0, 0.05) is 13.1 Å². The molecule has 0 saturated carbocycles. The number of carbonyl (C=O) groups is 1. The van der Waals surface area contributed by atoms with Gasteiger partial charge in [-0.25, -0.2) is 0 Å². The van der Waals surface area contributed by atoms with E-state index in [1.807, 2.05) is 4.90 Å². The van der Waals surface area contributed by atoms with E-state index in [1.165, 1.54) is 0 Å². The fraction of sp³-hybridized carbons (Fsp3) is 0.933. The minimum atomic E-state index is -0.00449. The highest BCUT2D eigenvalue weighted by Crippen LogP contribution is 2.25. The molecule has 0 aromatic rings. The van der Waals surface area contributed by atoms with Gasteiger partial charge in [-0.1, -0.05) is 34.1 Å². The van der Waals surface area contributed by atoms with Gasteiger partial charge in [0.05, 0.1) is 12.2 Å². The zero-order valence-electron chi connectivity index (χ0n) is 13.7. The predicted octanol–water partition coefficient (Wildman–Crippen LogP) is 1.77. The Labute approximate surface area is 118 Å². The number of hydrogen-bond acceptors (Lipinski definition) is 3. The molecule has 112 valence electrons. The topological polar surface area (TPSA) is 35.6 Å². The van der Waals surface area contributed by atoms with Crippen LogP contribution in [0.5, 0.6) is 0 Å². The maximum Gasteiger partial charge on any atom is 0.241 e. The summed E-state index contributed by atoms with van der Waals surface area (Å²) in [4.78, 5) is 16.7. The smallest absolute Gasteiger partial charge is 0.241 e. The molecule has 0 aliphatic carbocycles. The Balaban J connectivity index is 2.71. The van der Waals surface area contributed by atoms with Gasteiger partial charge in [0.2, 0.25) is 5.91 Å². The highest BCUT2D eigenvalue weighted by atomic mass is 16.2. The quantitative estimate of drug-likeness (QED) is 0.798. The molecule has 0 aromatic carbocycles. The predicted molar refractivity (Wildman–Crippen MR) is 79.9 cm³/mol. The van der Waals surface area contributed by atoms with Crippen LogP contribution in [0.15, 0.2) is 0 Å². The number of carbonyl (C=O) groups excluding carboxylic acids is 1. The second-order valence-electron chi connectivity index (χ2n) is 7.07. The number of rotatable bonds is 6. The molecule has 1 N–H and O–H groups in total. The standard InChI is InChI=1S/C15H31N3O/c1-8-11(2)13-14(19)18(12(3)16-13)10-15(4,5)9-17(6)7/h11-13,16H,8-10H2,1-7H3. The molecule has 1 amide bonds. The van der Waals surface area contributed by atoms with Crippen LogP contribution in [-0.2, 0) is 4.79 Å². The summed E-state index contributed by atoms with van der Waals surface area (Å²) >= 11 is 0. The summed E-state index contributed by atoms with van der Waals surface area (Å²) in [6.07, 6.45) is 1.18. The van der Waals surface area contributed by atoms with Crippen LogP contribution >= 0.6 is 0 Å². The highest BCUT2D eigenvalue weighted by Gasteiger charge is 2.40. The Bertz CT molecular complexity index is 315. The first-order chi connectivity index (χ1) is 8.68. The van der Waals surface area contributed by atoms with E-state index in [9.17, 15) is 4.79 Å². The number of nitrogens with zero attached hydrogens (tertiary/aromatic N) is 2. The van der Waals surface area contributed by atoms with Crippen molar-refractivity contribution < 1.29 is 4.79 Å². The second-order valence-corrected chi connectivity index (χ2v) is 7.07. The van der Waals surface area contributed by atoms with Crippen LogP contribution in [0, 0.1) is 11.3 Å². The van der Waals surface area contributed by atoms with E-state index in [0.29, 0.717) is 5.92 Å². The van der Waals surface area contributed by atoms with Crippen molar-refractivity contribution in [2.24, 2.45) is 11.3 Å². The van der Waals surface area contributed by atoms with Gasteiger partial charge in [0.25, 0.3) is 0 Å². The molecule has 1 aliphatic rings. The SMILES string of the molecule is CCC(C)C1NC(C)N(CC(C)(C)CN(C)C)C1=O. The van der Waals surface area contributed by atoms with Gasteiger partial charge in [0.1, 0.15) is 0 Å². The van der Waals surface area contributed by atoms with E-state index in [0.717, 1.165) is 19.5 Å². The molecule has 0 aromatic heterocycles. The van der Waals surface area contributed by atoms with Crippen molar-refractivity contribution in [3.05, 3.63) is 0 Å². The number of nitrogens with one attached hydrogen (secondary N) is 1. The molecule has 1 rings (SSSR count). The lowest BCUT2D eigenvalue weighted by atomic mass is 9.91. The van der Waals surface area contributed by atoms with E-state index in [4.69, 9.17) is 0 Å². The Morgan fingerprint density at radius 3 is 2.47 bits per heavy atom. The Morgan fingerprint density at radius 1 is 1.42 bits per heavy atom. The molecule has 3 atom stereocenters. The Hall–Kier alpha value is -0.610. The van der Waals surface area contributed by atoms with Gasteiger partial charge >= 0.3 is 0 Å². The number of amides is 1. The third-order valence-corrected chi connectivity index (χ3v) is 3.99. The van der Waals surface area contributed by atoms with Crippen LogP contribution in [0.3, 0.4) is 0 Å². The largest absolute Gasteiger partial charge is 0.325 e. The zero-order chi connectivity index (χ0) is 14.8. The van der Waals surface area contributed by atoms with Gasteiger partial charge in [-0.05, 0) is 32.4 Å². The molecule has 19 heavy (non-hydrogen) atoms. The summed E-state index contributed by atoms with van der Waals surface area (Å²) < 4.78 is 0. The van der Waals surface area contributed by atoms with Crippen LogP contribution in [-0.4, -0.2) is 55.1 Å². The maximum atomic E-state index is 12.5. The average molecular weight is 269 g/mol. The van der Waals surface area contributed by atoms with Crippen molar-refractivity contribution in [2.75, 3.05) is 27.2 Å². The summed E-state index contributed by atoms with van der Waals surface area (Å²) in [7, 11) is 4.16. The van der Waals surface area contributed by atoms with Crippen molar-refractivity contribution in [3.63, 3.8) is 0 Å². The lowest BCUT2D eigenvalue weighted by molar-refractivity contribution is -0.132. The summed E-state index contributed by atoms with van der Waals surface area (Å²) in [5.41, 5.74) is 0.111. The molecule has 3 unspecified atom stereocenters. The first-order valence-electron chi connectivity index (χ1n) is 7.39. The van der Waals surface area contributed by atoms with Gasteiger partial charge in [-0.15, -0.1) is 0 Å². The Kier molecular flexibility index (Phi) is 5.39. The lowest BCUT2D eigenvalue weighted by Gasteiger charge is -2.34. The van der Waals surface area contributed by atoms with Gasteiger partial charge < -0.3 is 9.80 Å². The first kappa shape index (κ1) is 16.4. The molecule has 4 nitrogen and oxygen atoms in total. The van der Waals surface area contributed by atoms with E-state index < -0.39 is 0 Å². The normalized spacial score (nSPS) is 26.3. The van der Waals surface area contributed by atoms with Crippen molar-refractivity contribution in [1.29, 1.82) is 0 Å². The molecule has 1 heterocycles. The highest BCUT2D eigenvalue weighted by molar-refractivity contribution is 5.84. The van der Waals surface area contributed by atoms with Crippen LogP contribution in [0.1, 0.15) is 41.0 Å². The molecule has 0 bridgehead atoms. The van der Waals surface area contributed by atoms with Crippen molar-refractivity contribution >= 4 is 5.91 Å². The summed E-state index contributed by atoms with van der Waals surface area (Å²) in [6, 6.07) is -0.00449. The number of hydrogen-bond donors (Lipinski definition) is 1. The fourth-order valence-electron chi connectivity index (χ4n) is 3.02. The zero-order valence-corrected chi connectivity index (χ0v) is 13.7. The molecule has 0 radical (unpaired) electrons. The Morgan fingerprint density at radius 2 is 2.00 bits per heavy atom. The van der Waals surface area contributed by atoms with Crippen LogP contribution < -0.4 is 5.32 Å². The fourth-order valence-corrected chi connectivity index (χ4v) is 3.02. The second kappa shape index (κ2) is 6.23. The lowest BCUT2D eigenvalue weighted by Crippen LogP contribution is -2.45. The molecule has 1 aliphatic heterocycles. The summed E-state index contributed by atoms with van der Waals surface area (Å²) in [5, 5.41) is 3.44. The molecule has 1 fully saturated rings. The molecule has 0 spiro atoms. The van der Waals surface area contributed by atoms with Crippen LogP contribution in [0.2, 0.25) is 0 Å². The third kappa shape index (κ3) is 4.18. The van der Waals surface area contributed by atoms with E-state index in [-0.39, 0.29) is 23.5 Å². The van der Waals surface area contributed by atoms with E-state index >= 15 is 0 Å². The van der Waals surface area contributed by atoms with Gasteiger partial charge in [-0.2, -0.15) is 0 Å². The van der Waals surface area contributed by atoms with Gasteiger partial charge in [0.15, 0.2) is 0 Å². The van der Waals surface area contributed by atoms with Crippen molar-refractivity contribution in [2.45, 2.75) is 53.2 Å². The molecular formula is C15H31N3O. The van der Waals surface area contributed by atoms with Crippen molar-refractivity contribution in [3.8, 4) is 0 Å². The van der Waals surface area contributed by atoms with Gasteiger partial charge in [-0.3, -0.25) is 10.1 Å². The van der Waals surface area contributed by atoms with Crippen LogP contribution in [0.4, 0.5) is 0 Å². The van der Waals surface area contributed by atoms with Crippen LogP contribution in [0.25, 0.3) is 0 Å². The monoisotopic (exact) mass is 269 g/mol. The molecular weight excluding hydrogens is 238 g/mol. The molecule has 4 heteroatoms. The average Bonchev–Trinajstić information content (AvgIpc) is 2.54. The van der Waals surface area contributed by atoms with E-state index in [1.54, 1.807) is 0 Å². The van der Waals surface area contributed by atoms with Crippen molar-refractivity contribution in [1.82, 2.24) is 15.1 Å². The minimum absolute atomic E-state index is 0.00449. The summed E-state index contributed by atoms with van der Waals surface area (Å²) in [5.74, 6) is 0.672. The maximum absolute atomic E-state index is 12.5.